The summed E-state index contributed by atoms with van der Waals surface area (Å²) in [6, 6.07) is 4.51. The van der Waals surface area contributed by atoms with Crippen molar-refractivity contribution in [3.05, 3.63) is 71.8 Å². The Morgan fingerprint density at radius 2 is 1.01 bits per heavy atom. The van der Waals surface area contributed by atoms with Gasteiger partial charge in [-0.2, -0.15) is 11.8 Å². The van der Waals surface area contributed by atoms with E-state index in [4.69, 9.17) is 40.1 Å². The quantitative estimate of drug-likeness (QED) is 0.0173. The van der Waals surface area contributed by atoms with Crippen molar-refractivity contribution in [2.45, 2.75) is 183 Å². The summed E-state index contributed by atoms with van der Waals surface area (Å²) in [5.41, 5.74) is 40.6. The number of rotatable bonds is 42. The summed E-state index contributed by atoms with van der Waals surface area (Å²) in [4.78, 5) is 185. The number of nitrogens with zero attached hydrogens (tertiary/aromatic N) is 3. The third-order valence-electron chi connectivity index (χ3n) is 16.0. The Bertz CT molecular complexity index is 2960. The lowest BCUT2D eigenvalue weighted by atomic mass is 10.0. The van der Waals surface area contributed by atoms with Gasteiger partial charge in [0.25, 0.3) is 0 Å². The largest absolute Gasteiger partial charge is 0.370 e. The standard InChI is InChI=1S/C63H98N18O13S/c1-37(2)33-45(57(89)74-41(53(68)85)27-32-95-3)73-52(84)36-72-54(86)46(34-38-15-6-4-7-16-38)78-58(90)47(35-39-17-8-5-9-18-39)79-56(88)42(23-25-50(66)82)75-55(87)43(24-26-51(67)83)76-59(91)49-22-14-31-81(49)62(94)44(20-10-11-28-64)77-60(92)48-21-13-30-80(48)61(93)40(65)19-12-29-71-63(69)70/h4-9,15-18,37,40-49H,10-14,19-36,64-65H2,1-3H3,(H2,66,82)(H2,67,83)(H2,68,85)(H,72,86)(H,73,84)(H,74,89)(H,75,87)(H,76,91)(H,77,92)(H,78,90)(H,79,88)(H4,69,70,71)/t40-,41-,42+,43-,44+,45+,46+,47+,48-,49-/m0/s1. The van der Waals surface area contributed by atoms with E-state index in [0.717, 1.165) is 0 Å². The molecule has 0 aliphatic carbocycles. The van der Waals surface area contributed by atoms with E-state index < -0.39 is 169 Å². The van der Waals surface area contributed by atoms with E-state index in [1.807, 2.05) is 20.1 Å². The molecular formula is C63H98N18O13S. The molecule has 0 saturated carbocycles. The van der Waals surface area contributed by atoms with Gasteiger partial charge >= 0.3 is 0 Å². The molecule has 13 amide bonds. The number of hydrogen-bond acceptors (Lipinski definition) is 17. The van der Waals surface area contributed by atoms with Crippen LogP contribution in [0.25, 0.3) is 0 Å². The van der Waals surface area contributed by atoms with Crippen LogP contribution in [-0.4, -0.2) is 198 Å². The number of benzene rings is 2. The predicted molar refractivity (Wildman–Crippen MR) is 356 cm³/mol. The second kappa shape index (κ2) is 41.0. The first-order valence-corrected chi connectivity index (χ1v) is 33.6. The zero-order chi connectivity index (χ0) is 70.1. The Hall–Kier alpha value is -8.91. The molecule has 0 spiro atoms. The molecule has 2 aliphatic rings. The highest BCUT2D eigenvalue weighted by Crippen LogP contribution is 2.24. The second-order valence-corrected chi connectivity index (χ2v) is 25.1. The molecule has 4 rings (SSSR count). The molecule has 2 aromatic carbocycles. The molecule has 0 unspecified atom stereocenters. The summed E-state index contributed by atoms with van der Waals surface area (Å²) in [5, 5.41) is 21.1. The average molecular weight is 1350 g/mol. The molecule has 2 saturated heterocycles. The van der Waals surface area contributed by atoms with E-state index in [0.29, 0.717) is 55.4 Å². The van der Waals surface area contributed by atoms with Crippen molar-refractivity contribution in [3.8, 4) is 0 Å². The van der Waals surface area contributed by atoms with Gasteiger partial charge in [-0.25, -0.2) is 0 Å². The third-order valence-corrected chi connectivity index (χ3v) is 16.7. The zero-order valence-corrected chi connectivity index (χ0v) is 55.3. The summed E-state index contributed by atoms with van der Waals surface area (Å²) in [6.45, 7) is 3.86. The minimum absolute atomic E-state index is 0.0736. The number of likely N-dealkylation sites (tertiary alicyclic amines) is 2. The molecule has 0 radical (unpaired) electrons. The Labute approximate surface area is 558 Å². The summed E-state index contributed by atoms with van der Waals surface area (Å²) in [7, 11) is 0. The molecular weight excluding hydrogens is 1250 g/mol. The average Bonchev–Trinajstić information content (AvgIpc) is 1.74. The normalized spacial score (nSPS) is 16.8. The number of thioether (sulfide) groups is 1. The van der Waals surface area contributed by atoms with Crippen LogP contribution in [0.2, 0.25) is 0 Å². The number of carbonyl (C=O) groups is 13. The van der Waals surface area contributed by atoms with Gasteiger partial charge in [-0.15, -0.1) is 0 Å². The summed E-state index contributed by atoms with van der Waals surface area (Å²) < 4.78 is 0. The lowest BCUT2D eigenvalue weighted by Gasteiger charge is -2.32. The van der Waals surface area contributed by atoms with Crippen LogP contribution in [0.1, 0.15) is 121 Å². The van der Waals surface area contributed by atoms with E-state index >= 15 is 0 Å². The predicted octanol–water partition coefficient (Wildman–Crippen LogP) is -3.71. The van der Waals surface area contributed by atoms with Crippen molar-refractivity contribution in [2.75, 3.05) is 44.7 Å². The van der Waals surface area contributed by atoms with Crippen LogP contribution < -0.4 is 82.7 Å². The van der Waals surface area contributed by atoms with Crippen molar-refractivity contribution in [3.63, 3.8) is 0 Å². The van der Waals surface area contributed by atoms with Gasteiger partial charge in [0.05, 0.1) is 12.6 Å². The van der Waals surface area contributed by atoms with Crippen LogP contribution in [0, 0.1) is 5.92 Å². The highest BCUT2D eigenvalue weighted by molar-refractivity contribution is 7.98. The number of primary amides is 3. The number of hydrogen-bond donors (Lipinski definition) is 15. The summed E-state index contributed by atoms with van der Waals surface area (Å²) in [5.74, 6) is -9.80. The van der Waals surface area contributed by atoms with Crippen molar-refractivity contribution < 1.29 is 62.3 Å². The third kappa shape index (κ3) is 27.5. The van der Waals surface area contributed by atoms with Crippen molar-refractivity contribution in [2.24, 2.45) is 51.0 Å². The molecule has 2 aromatic rings. The SMILES string of the molecule is CSCC[C@H](NC(=O)[C@@H](CC(C)C)NC(=O)CNC(=O)[C@@H](Cc1ccccc1)NC(=O)[C@@H](Cc1ccccc1)NC(=O)[C@@H](CCC(N)=O)NC(=O)[C@H](CCC(N)=O)NC(=O)[C@@H]1CCCN1C(=O)[C@@H](CCCCN)NC(=O)[C@@H]1CCCN1C(=O)[C@@H](N)CCCN=C(N)N)C(N)=O. The highest BCUT2D eigenvalue weighted by atomic mass is 32.2. The van der Waals surface area contributed by atoms with Crippen LogP contribution in [0.5, 0.6) is 0 Å². The molecule has 10 atom stereocenters. The van der Waals surface area contributed by atoms with E-state index in [1.165, 1.54) is 21.6 Å². The number of unbranched alkanes of at least 4 members (excludes halogenated alkanes) is 1. The van der Waals surface area contributed by atoms with Crippen LogP contribution in [-0.2, 0) is 75.2 Å². The minimum Gasteiger partial charge on any atom is -0.370 e. The topological polar surface area (TPSA) is 519 Å². The van der Waals surface area contributed by atoms with Crippen LogP contribution in [0.15, 0.2) is 65.7 Å². The van der Waals surface area contributed by atoms with Gasteiger partial charge in [0.15, 0.2) is 5.96 Å². The van der Waals surface area contributed by atoms with Crippen molar-refractivity contribution >= 4 is 94.5 Å². The highest BCUT2D eigenvalue weighted by Gasteiger charge is 2.42. The molecule has 2 fully saturated rings. The fourth-order valence-corrected chi connectivity index (χ4v) is 11.5. The monoisotopic (exact) mass is 1350 g/mol. The van der Waals surface area contributed by atoms with Gasteiger partial charge in [0.2, 0.25) is 76.8 Å². The van der Waals surface area contributed by atoms with E-state index in [9.17, 15) is 62.3 Å². The lowest BCUT2D eigenvalue weighted by Crippen LogP contribution is -2.60. The lowest BCUT2D eigenvalue weighted by molar-refractivity contribution is -0.144. The fraction of sp³-hybridized carbons (Fsp3) is 0.587. The first-order chi connectivity index (χ1) is 45.2. The molecule has 2 aliphatic heterocycles. The molecule has 32 heteroatoms. The first-order valence-electron chi connectivity index (χ1n) is 32.2. The number of nitrogens with one attached hydrogen (secondary N) is 8. The van der Waals surface area contributed by atoms with Gasteiger partial charge in [-0.1, -0.05) is 74.5 Å². The maximum absolute atomic E-state index is 14.7. The Kier molecular flexibility index (Phi) is 33.9. The summed E-state index contributed by atoms with van der Waals surface area (Å²) in [6.07, 6.45) is 3.12. The van der Waals surface area contributed by atoms with Gasteiger partial charge in [0.1, 0.15) is 54.4 Å². The summed E-state index contributed by atoms with van der Waals surface area (Å²) >= 11 is 1.45. The van der Waals surface area contributed by atoms with Gasteiger partial charge in [-0.3, -0.25) is 67.3 Å². The number of aliphatic imine (C=N–C) groups is 1. The Morgan fingerprint density at radius 1 is 0.537 bits per heavy atom. The van der Waals surface area contributed by atoms with E-state index in [1.54, 1.807) is 60.7 Å². The molecule has 31 nitrogen and oxygen atoms in total. The fourth-order valence-electron chi connectivity index (χ4n) is 11.0. The molecule has 0 bridgehead atoms. The second-order valence-electron chi connectivity index (χ2n) is 24.1. The zero-order valence-electron chi connectivity index (χ0n) is 54.5. The van der Waals surface area contributed by atoms with E-state index in [-0.39, 0.29) is 83.0 Å². The van der Waals surface area contributed by atoms with Crippen LogP contribution >= 0.6 is 11.8 Å². The molecule has 0 aromatic heterocycles. The van der Waals surface area contributed by atoms with Crippen molar-refractivity contribution in [1.29, 1.82) is 0 Å². The number of carbonyl (C=O) groups excluding carboxylic acids is 13. The number of guanidine groups is 1. The molecule has 524 valence electrons. The molecule has 2 heterocycles. The maximum atomic E-state index is 14.7. The van der Waals surface area contributed by atoms with Gasteiger partial charge in [-0.05, 0) is 119 Å². The molecule has 22 N–H and O–H groups in total. The maximum Gasteiger partial charge on any atom is 0.245 e. The first kappa shape index (κ1) is 78.5. The van der Waals surface area contributed by atoms with E-state index in [2.05, 4.69) is 47.5 Å². The van der Waals surface area contributed by atoms with Crippen molar-refractivity contribution in [1.82, 2.24) is 52.3 Å². The minimum atomic E-state index is -1.64. The smallest absolute Gasteiger partial charge is 0.245 e. The Morgan fingerprint density at radius 3 is 1.51 bits per heavy atom. The number of amides is 13. The van der Waals surface area contributed by atoms with Gasteiger partial charge in [0, 0.05) is 45.3 Å². The van der Waals surface area contributed by atoms with Crippen LogP contribution in [0.4, 0.5) is 0 Å². The van der Waals surface area contributed by atoms with Gasteiger partial charge < -0.3 is 92.5 Å². The van der Waals surface area contributed by atoms with Crippen LogP contribution in [0.3, 0.4) is 0 Å². The molecule has 95 heavy (non-hydrogen) atoms. The Balaban J connectivity index is 1.56. The number of nitrogens with two attached hydrogens (primary N) is 7.